The van der Waals surface area contributed by atoms with Crippen LogP contribution in [0.25, 0.3) is 5.69 Å². The molecule has 0 radical (unpaired) electrons. The molecule has 0 saturated heterocycles. The number of aliphatic carboxylic acids is 1. The molecule has 1 aromatic heterocycles. The Labute approximate surface area is 127 Å². The Morgan fingerprint density at radius 2 is 2.09 bits per heavy atom. The van der Waals surface area contributed by atoms with E-state index in [0.717, 1.165) is 5.69 Å². The van der Waals surface area contributed by atoms with Crippen LogP contribution in [0, 0.1) is 6.92 Å². The SMILES string of the molecule is COc1ccccc1-n1ncc(C(=O)NCCC(=O)O)c1C. The molecular weight excluding hydrogens is 286 g/mol. The van der Waals surface area contributed by atoms with E-state index in [1.165, 1.54) is 6.20 Å². The molecule has 1 amide bonds. The summed E-state index contributed by atoms with van der Waals surface area (Å²) in [5.74, 6) is -0.659. The Morgan fingerprint density at radius 3 is 2.77 bits per heavy atom. The quantitative estimate of drug-likeness (QED) is 0.841. The maximum absolute atomic E-state index is 12.1. The number of para-hydroxylation sites is 2. The molecular formula is C15H17N3O4. The molecule has 0 aliphatic carbocycles. The van der Waals surface area contributed by atoms with Gasteiger partial charge in [0.2, 0.25) is 0 Å². The summed E-state index contributed by atoms with van der Waals surface area (Å²) in [7, 11) is 1.57. The van der Waals surface area contributed by atoms with Crippen LogP contribution < -0.4 is 10.1 Å². The number of carbonyl (C=O) groups is 2. The number of nitrogens with one attached hydrogen (secondary N) is 1. The number of nitrogens with zero attached hydrogens (tertiary/aromatic N) is 2. The molecule has 0 spiro atoms. The summed E-state index contributed by atoms with van der Waals surface area (Å²) in [5.41, 5.74) is 1.78. The zero-order valence-electron chi connectivity index (χ0n) is 12.4. The number of carbonyl (C=O) groups excluding carboxylic acids is 1. The van der Waals surface area contributed by atoms with Crippen molar-refractivity contribution in [1.29, 1.82) is 0 Å². The van der Waals surface area contributed by atoms with E-state index < -0.39 is 5.97 Å². The fourth-order valence-electron chi connectivity index (χ4n) is 2.06. The van der Waals surface area contributed by atoms with Crippen LogP contribution in [0.15, 0.2) is 30.5 Å². The van der Waals surface area contributed by atoms with E-state index in [4.69, 9.17) is 9.84 Å². The predicted molar refractivity (Wildman–Crippen MR) is 79.4 cm³/mol. The number of methoxy groups -OCH3 is 1. The van der Waals surface area contributed by atoms with Gasteiger partial charge in [-0.05, 0) is 19.1 Å². The first-order chi connectivity index (χ1) is 10.5. The minimum atomic E-state index is -0.957. The third-order valence-electron chi connectivity index (χ3n) is 3.19. The second-order valence-electron chi connectivity index (χ2n) is 4.63. The topological polar surface area (TPSA) is 93.5 Å². The Kier molecular flexibility index (Phi) is 4.77. The van der Waals surface area contributed by atoms with Crippen molar-refractivity contribution in [1.82, 2.24) is 15.1 Å². The maximum atomic E-state index is 12.1. The molecule has 2 rings (SSSR count). The number of ether oxygens (including phenoxy) is 1. The van der Waals surface area contributed by atoms with Gasteiger partial charge < -0.3 is 15.2 Å². The Bertz CT molecular complexity index is 694. The monoisotopic (exact) mass is 303 g/mol. The Hall–Kier alpha value is -2.83. The van der Waals surface area contributed by atoms with Crippen LogP contribution in [-0.2, 0) is 4.79 Å². The van der Waals surface area contributed by atoms with Crippen molar-refractivity contribution < 1.29 is 19.4 Å². The number of aromatic nitrogens is 2. The fraction of sp³-hybridized carbons (Fsp3) is 0.267. The van der Waals surface area contributed by atoms with Crippen LogP contribution in [0.1, 0.15) is 22.5 Å². The first kappa shape index (κ1) is 15.6. The maximum Gasteiger partial charge on any atom is 0.305 e. The first-order valence-corrected chi connectivity index (χ1v) is 6.72. The van der Waals surface area contributed by atoms with Gasteiger partial charge in [-0.2, -0.15) is 5.10 Å². The van der Waals surface area contributed by atoms with Crippen LogP contribution >= 0.6 is 0 Å². The van der Waals surface area contributed by atoms with Gasteiger partial charge in [-0.25, -0.2) is 4.68 Å². The van der Waals surface area contributed by atoms with Gasteiger partial charge in [-0.3, -0.25) is 9.59 Å². The molecule has 0 bridgehead atoms. The molecule has 1 heterocycles. The van der Waals surface area contributed by atoms with E-state index in [9.17, 15) is 9.59 Å². The first-order valence-electron chi connectivity index (χ1n) is 6.72. The van der Waals surface area contributed by atoms with Crippen molar-refractivity contribution in [3.8, 4) is 11.4 Å². The highest BCUT2D eigenvalue weighted by atomic mass is 16.5. The zero-order chi connectivity index (χ0) is 16.1. The van der Waals surface area contributed by atoms with E-state index >= 15 is 0 Å². The van der Waals surface area contributed by atoms with Gasteiger partial charge in [0.25, 0.3) is 5.91 Å². The molecule has 0 fully saturated rings. The van der Waals surface area contributed by atoms with Crippen molar-refractivity contribution in [2.24, 2.45) is 0 Å². The van der Waals surface area contributed by atoms with Crippen LogP contribution in [-0.4, -0.2) is 40.4 Å². The van der Waals surface area contributed by atoms with Crippen LogP contribution in [0.3, 0.4) is 0 Å². The van der Waals surface area contributed by atoms with Gasteiger partial charge in [0.15, 0.2) is 0 Å². The van der Waals surface area contributed by atoms with Crippen molar-refractivity contribution >= 4 is 11.9 Å². The molecule has 0 aliphatic heterocycles. The van der Waals surface area contributed by atoms with Crippen molar-refractivity contribution in [2.75, 3.05) is 13.7 Å². The highest BCUT2D eigenvalue weighted by molar-refractivity contribution is 5.95. The number of amides is 1. The van der Waals surface area contributed by atoms with Gasteiger partial charge in [0, 0.05) is 6.54 Å². The minimum Gasteiger partial charge on any atom is -0.494 e. The third-order valence-corrected chi connectivity index (χ3v) is 3.19. The molecule has 0 atom stereocenters. The highest BCUT2D eigenvalue weighted by Gasteiger charge is 2.16. The molecule has 116 valence electrons. The summed E-state index contributed by atoms with van der Waals surface area (Å²) < 4.78 is 6.91. The molecule has 7 nitrogen and oxygen atoms in total. The van der Waals surface area contributed by atoms with E-state index in [1.54, 1.807) is 18.7 Å². The summed E-state index contributed by atoms with van der Waals surface area (Å²) in [6, 6.07) is 7.35. The van der Waals surface area contributed by atoms with E-state index in [-0.39, 0.29) is 18.9 Å². The summed E-state index contributed by atoms with van der Waals surface area (Å²) in [6.45, 7) is 1.85. The van der Waals surface area contributed by atoms with Crippen molar-refractivity contribution in [3.05, 3.63) is 41.7 Å². The third kappa shape index (κ3) is 3.25. The van der Waals surface area contributed by atoms with E-state index in [1.807, 2.05) is 24.3 Å². The van der Waals surface area contributed by atoms with Gasteiger partial charge in [0.1, 0.15) is 11.4 Å². The lowest BCUT2D eigenvalue weighted by molar-refractivity contribution is -0.136. The summed E-state index contributed by atoms with van der Waals surface area (Å²) in [6.07, 6.45) is 1.34. The van der Waals surface area contributed by atoms with Gasteiger partial charge in [0.05, 0.1) is 31.0 Å². The van der Waals surface area contributed by atoms with Crippen LogP contribution in [0.4, 0.5) is 0 Å². The lowest BCUT2D eigenvalue weighted by atomic mass is 10.2. The molecule has 1 aromatic carbocycles. The van der Waals surface area contributed by atoms with Crippen molar-refractivity contribution in [2.45, 2.75) is 13.3 Å². The lowest BCUT2D eigenvalue weighted by Gasteiger charge is -2.10. The van der Waals surface area contributed by atoms with Crippen LogP contribution in [0.5, 0.6) is 5.75 Å². The minimum absolute atomic E-state index is 0.0768. The number of benzene rings is 1. The van der Waals surface area contributed by atoms with E-state index in [0.29, 0.717) is 17.0 Å². The molecule has 7 heteroatoms. The second kappa shape index (κ2) is 6.75. The molecule has 0 aliphatic rings. The number of hydrogen-bond acceptors (Lipinski definition) is 4. The van der Waals surface area contributed by atoms with Crippen molar-refractivity contribution in [3.63, 3.8) is 0 Å². The molecule has 2 aromatic rings. The standard InChI is InChI=1S/C15H17N3O4/c1-10-11(15(21)16-8-7-14(19)20)9-17-18(10)12-5-3-4-6-13(12)22-2/h3-6,9H,7-8H2,1-2H3,(H,16,21)(H,19,20). The predicted octanol–water partition coefficient (Wildman–Crippen LogP) is 1.39. The average Bonchev–Trinajstić information content (AvgIpc) is 2.88. The zero-order valence-corrected chi connectivity index (χ0v) is 12.4. The largest absolute Gasteiger partial charge is 0.494 e. The van der Waals surface area contributed by atoms with Crippen LogP contribution in [0.2, 0.25) is 0 Å². The smallest absolute Gasteiger partial charge is 0.305 e. The summed E-state index contributed by atoms with van der Waals surface area (Å²) in [5, 5.41) is 15.4. The summed E-state index contributed by atoms with van der Waals surface area (Å²) in [4.78, 5) is 22.5. The Morgan fingerprint density at radius 1 is 1.36 bits per heavy atom. The van der Waals surface area contributed by atoms with Gasteiger partial charge in [-0.15, -0.1) is 0 Å². The normalized spacial score (nSPS) is 10.3. The number of carboxylic acids is 1. The average molecular weight is 303 g/mol. The lowest BCUT2D eigenvalue weighted by Crippen LogP contribution is -2.26. The summed E-state index contributed by atoms with van der Waals surface area (Å²) >= 11 is 0. The second-order valence-corrected chi connectivity index (χ2v) is 4.63. The van der Waals surface area contributed by atoms with Gasteiger partial charge in [-0.1, -0.05) is 12.1 Å². The fourth-order valence-corrected chi connectivity index (χ4v) is 2.06. The highest BCUT2D eigenvalue weighted by Crippen LogP contribution is 2.23. The molecule has 22 heavy (non-hydrogen) atoms. The molecule has 0 saturated carbocycles. The number of carboxylic acid groups (broad SMARTS) is 1. The molecule has 0 unspecified atom stereocenters. The van der Waals surface area contributed by atoms with Gasteiger partial charge >= 0.3 is 5.97 Å². The molecule has 2 N–H and O–H groups in total. The number of hydrogen-bond donors (Lipinski definition) is 2. The Balaban J connectivity index is 2.22. The number of rotatable bonds is 6. The van der Waals surface area contributed by atoms with E-state index in [2.05, 4.69) is 10.4 Å².